The van der Waals surface area contributed by atoms with Gasteiger partial charge in [0.25, 0.3) is 0 Å². The highest BCUT2D eigenvalue weighted by atomic mass is 16.5. The van der Waals surface area contributed by atoms with Gasteiger partial charge in [0.05, 0.1) is 6.10 Å². The van der Waals surface area contributed by atoms with Crippen molar-refractivity contribution in [3.05, 3.63) is 29.8 Å². The second-order valence-electron chi connectivity index (χ2n) is 5.93. The summed E-state index contributed by atoms with van der Waals surface area (Å²) >= 11 is 0. The van der Waals surface area contributed by atoms with E-state index in [1.54, 1.807) is 0 Å². The van der Waals surface area contributed by atoms with Crippen molar-refractivity contribution < 1.29 is 4.74 Å². The summed E-state index contributed by atoms with van der Waals surface area (Å²) in [6.07, 6.45) is 7.06. The van der Waals surface area contributed by atoms with E-state index in [0.717, 1.165) is 11.7 Å². The molecule has 19 heavy (non-hydrogen) atoms. The van der Waals surface area contributed by atoms with Crippen molar-refractivity contribution in [1.29, 1.82) is 0 Å². The van der Waals surface area contributed by atoms with Crippen LogP contribution >= 0.6 is 0 Å². The summed E-state index contributed by atoms with van der Waals surface area (Å²) in [4.78, 5) is 0. The monoisotopic (exact) mass is 261 g/mol. The number of para-hydroxylation sites is 1. The van der Waals surface area contributed by atoms with Crippen LogP contribution in [0, 0.1) is 5.92 Å². The molecule has 0 amide bonds. The molecule has 106 valence electrons. The second kappa shape index (κ2) is 6.95. The van der Waals surface area contributed by atoms with E-state index >= 15 is 0 Å². The first kappa shape index (κ1) is 14.4. The molecule has 0 spiro atoms. The van der Waals surface area contributed by atoms with E-state index in [0.29, 0.717) is 6.04 Å². The van der Waals surface area contributed by atoms with Crippen molar-refractivity contribution in [2.45, 2.75) is 58.1 Å². The topological polar surface area (TPSA) is 21.3 Å². The number of hydrogen-bond donors (Lipinski definition) is 1. The minimum absolute atomic E-state index is 0.227. The third-order valence-corrected chi connectivity index (χ3v) is 4.05. The van der Waals surface area contributed by atoms with Crippen molar-refractivity contribution in [3.63, 3.8) is 0 Å². The van der Waals surface area contributed by atoms with Crippen LogP contribution in [0.15, 0.2) is 24.3 Å². The summed E-state index contributed by atoms with van der Waals surface area (Å²) < 4.78 is 5.95. The molecule has 0 heterocycles. The molecule has 1 atom stereocenters. The minimum Gasteiger partial charge on any atom is -0.491 e. The average molecular weight is 261 g/mol. The van der Waals surface area contributed by atoms with Crippen LogP contribution < -0.4 is 10.1 Å². The highest BCUT2D eigenvalue weighted by Crippen LogP contribution is 2.35. The summed E-state index contributed by atoms with van der Waals surface area (Å²) in [6, 6.07) is 8.88. The van der Waals surface area contributed by atoms with Crippen molar-refractivity contribution in [2.75, 3.05) is 7.05 Å². The van der Waals surface area contributed by atoms with E-state index in [1.165, 1.54) is 37.7 Å². The molecule has 1 saturated carbocycles. The third-order valence-electron chi connectivity index (χ3n) is 4.05. The van der Waals surface area contributed by atoms with Gasteiger partial charge in [-0.2, -0.15) is 0 Å². The van der Waals surface area contributed by atoms with Gasteiger partial charge < -0.3 is 10.1 Å². The molecular formula is C17H27NO. The summed E-state index contributed by atoms with van der Waals surface area (Å²) in [5.74, 6) is 1.92. The molecule has 1 aromatic rings. The highest BCUT2D eigenvalue weighted by Gasteiger charge is 2.22. The molecule has 1 fully saturated rings. The van der Waals surface area contributed by atoms with Gasteiger partial charge in [0, 0.05) is 11.6 Å². The standard InChI is InChI=1S/C17H27NO/c1-13(2)19-17-11-7-6-10-15(17)16(18-3)12-14-8-4-5-9-14/h6-7,10-11,13-14,16,18H,4-5,8-9,12H2,1-3H3. The summed E-state index contributed by atoms with van der Waals surface area (Å²) in [7, 11) is 2.06. The fourth-order valence-corrected chi connectivity index (χ4v) is 3.11. The lowest BCUT2D eigenvalue weighted by atomic mass is 9.93. The molecule has 0 aromatic heterocycles. The van der Waals surface area contributed by atoms with Crippen LogP contribution in [0.1, 0.15) is 57.6 Å². The van der Waals surface area contributed by atoms with Gasteiger partial charge in [-0.1, -0.05) is 43.9 Å². The lowest BCUT2D eigenvalue weighted by Gasteiger charge is -2.23. The van der Waals surface area contributed by atoms with Gasteiger partial charge in [-0.05, 0) is 39.3 Å². The smallest absolute Gasteiger partial charge is 0.124 e. The molecule has 1 unspecified atom stereocenters. The number of ether oxygens (including phenoxy) is 1. The number of hydrogen-bond acceptors (Lipinski definition) is 2. The molecule has 2 nitrogen and oxygen atoms in total. The van der Waals surface area contributed by atoms with Crippen LogP contribution in [0.5, 0.6) is 5.75 Å². The van der Waals surface area contributed by atoms with Gasteiger partial charge in [-0.3, -0.25) is 0 Å². The Kier molecular flexibility index (Phi) is 5.26. The molecule has 1 N–H and O–H groups in total. The predicted molar refractivity (Wildman–Crippen MR) is 80.6 cm³/mol. The first-order valence-electron chi connectivity index (χ1n) is 7.63. The van der Waals surface area contributed by atoms with Gasteiger partial charge in [0.15, 0.2) is 0 Å². The number of rotatable bonds is 6. The molecule has 1 aromatic carbocycles. The van der Waals surface area contributed by atoms with E-state index in [-0.39, 0.29) is 6.10 Å². The maximum atomic E-state index is 5.95. The molecule has 1 aliphatic rings. The Morgan fingerprint density at radius 3 is 2.53 bits per heavy atom. The van der Waals surface area contributed by atoms with Crippen molar-refractivity contribution >= 4 is 0 Å². The maximum absolute atomic E-state index is 5.95. The van der Waals surface area contributed by atoms with Crippen LogP contribution in [-0.2, 0) is 0 Å². The Labute approximate surface area is 117 Å². The van der Waals surface area contributed by atoms with Crippen LogP contribution in [0.3, 0.4) is 0 Å². The molecule has 2 rings (SSSR count). The van der Waals surface area contributed by atoms with Gasteiger partial charge in [0.1, 0.15) is 5.75 Å². The quantitative estimate of drug-likeness (QED) is 0.823. The zero-order chi connectivity index (χ0) is 13.7. The SMILES string of the molecule is CNC(CC1CCCC1)c1ccccc1OC(C)C. The Morgan fingerprint density at radius 1 is 1.21 bits per heavy atom. The second-order valence-corrected chi connectivity index (χ2v) is 5.93. The zero-order valence-corrected chi connectivity index (χ0v) is 12.5. The molecule has 0 bridgehead atoms. The van der Waals surface area contributed by atoms with E-state index in [1.807, 2.05) is 0 Å². The van der Waals surface area contributed by atoms with Gasteiger partial charge in [0.2, 0.25) is 0 Å². The fourth-order valence-electron chi connectivity index (χ4n) is 3.11. The summed E-state index contributed by atoms with van der Waals surface area (Å²) in [5.41, 5.74) is 1.31. The first-order valence-corrected chi connectivity index (χ1v) is 7.63. The summed E-state index contributed by atoms with van der Waals surface area (Å²) in [6.45, 7) is 4.17. The number of benzene rings is 1. The van der Waals surface area contributed by atoms with Crippen LogP contribution in [0.2, 0.25) is 0 Å². The molecule has 1 aliphatic carbocycles. The van der Waals surface area contributed by atoms with Crippen molar-refractivity contribution in [2.24, 2.45) is 5.92 Å². The van der Waals surface area contributed by atoms with Crippen LogP contribution in [0.4, 0.5) is 0 Å². The van der Waals surface area contributed by atoms with Crippen LogP contribution in [0.25, 0.3) is 0 Å². The lowest BCUT2D eigenvalue weighted by Crippen LogP contribution is -2.20. The Morgan fingerprint density at radius 2 is 1.89 bits per heavy atom. The normalized spacial score (nSPS) is 17.9. The third kappa shape index (κ3) is 3.97. The molecule has 0 aliphatic heterocycles. The van der Waals surface area contributed by atoms with Crippen molar-refractivity contribution in [1.82, 2.24) is 5.32 Å². The fraction of sp³-hybridized carbons (Fsp3) is 0.647. The molecular weight excluding hydrogens is 234 g/mol. The molecule has 0 saturated heterocycles. The van der Waals surface area contributed by atoms with E-state index in [9.17, 15) is 0 Å². The van der Waals surface area contributed by atoms with Gasteiger partial charge in [-0.25, -0.2) is 0 Å². The predicted octanol–water partition coefficient (Wildman–Crippen LogP) is 4.31. The average Bonchev–Trinajstić information content (AvgIpc) is 2.89. The minimum atomic E-state index is 0.227. The largest absolute Gasteiger partial charge is 0.491 e. The Balaban J connectivity index is 2.12. The first-order chi connectivity index (χ1) is 9.20. The van der Waals surface area contributed by atoms with Crippen LogP contribution in [-0.4, -0.2) is 13.2 Å². The molecule has 0 radical (unpaired) electrons. The highest BCUT2D eigenvalue weighted by molar-refractivity contribution is 5.36. The molecule has 2 heteroatoms. The lowest BCUT2D eigenvalue weighted by molar-refractivity contribution is 0.236. The van der Waals surface area contributed by atoms with E-state index in [4.69, 9.17) is 4.74 Å². The van der Waals surface area contributed by atoms with Gasteiger partial charge >= 0.3 is 0 Å². The van der Waals surface area contributed by atoms with E-state index in [2.05, 4.69) is 50.5 Å². The summed E-state index contributed by atoms with van der Waals surface area (Å²) in [5, 5.41) is 3.48. The van der Waals surface area contributed by atoms with E-state index < -0.39 is 0 Å². The number of nitrogens with one attached hydrogen (secondary N) is 1. The van der Waals surface area contributed by atoms with Crippen molar-refractivity contribution in [3.8, 4) is 5.75 Å². The Bertz CT molecular complexity index is 383. The zero-order valence-electron chi connectivity index (χ0n) is 12.5. The van der Waals surface area contributed by atoms with Gasteiger partial charge in [-0.15, -0.1) is 0 Å². The maximum Gasteiger partial charge on any atom is 0.124 e. The Hall–Kier alpha value is -1.02.